The maximum absolute atomic E-state index is 9.73. The molecule has 70 valence electrons. The summed E-state index contributed by atoms with van der Waals surface area (Å²) in [6.45, 7) is 1.81. The van der Waals surface area contributed by atoms with E-state index in [0.29, 0.717) is 6.42 Å². The van der Waals surface area contributed by atoms with E-state index in [1.165, 1.54) is 0 Å². The summed E-state index contributed by atoms with van der Waals surface area (Å²) in [5.41, 5.74) is 0.975. The van der Waals surface area contributed by atoms with E-state index in [1.54, 1.807) is 11.3 Å². The molecule has 0 saturated carbocycles. The van der Waals surface area contributed by atoms with Gasteiger partial charge in [0, 0.05) is 21.8 Å². The zero-order valence-electron chi connectivity index (χ0n) is 7.38. The van der Waals surface area contributed by atoms with Gasteiger partial charge in [-0.1, -0.05) is 0 Å². The molecule has 0 saturated heterocycles. The van der Waals surface area contributed by atoms with Gasteiger partial charge in [-0.05, 0) is 34.7 Å². The van der Waals surface area contributed by atoms with Gasteiger partial charge >= 0.3 is 0 Å². The zero-order chi connectivity index (χ0) is 9.68. The average Bonchev–Trinajstić information content (AvgIpc) is 2.52. The van der Waals surface area contributed by atoms with Crippen molar-refractivity contribution in [3.8, 4) is 11.8 Å². The van der Waals surface area contributed by atoms with Gasteiger partial charge in [0.1, 0.15) is 0 Å². The third-order valence-electron chi connectivity index (χ3n) is 1.72. The van der Waals surface area contributed by atoms with Gasteiger partial charge in [-0.15, -0.1) is 11.8 Å². The highest BCUT2D eigenvalue weighted by molar-refractivity contribution is 9.10. The minimum absolute atomic E-state index is 0.388. The van der Waals surface area contributed by atoms with Gasteiger partial charge in [-0.3, -0.25) is 0 Å². The van der Waals surface area contributed by atoms with Crippen LogP contribution in [-0.4, -0.2) is 5.11 Å². The van der Waals surface area contributed by atoms with E-state index >= 15 is 0 Å². The summed E-state index contributed by atoms with van der Waals surface area (Å²) in [5, 5.41) is 13.7. The van der Waals surface area contributed by atoms with Crippen molar-refractivity contribution in [2.45, 2.75) is 25.9 Å². The fourth-order valence-corrected chi connectivity index (χ4v) is 2.63. The lowest BCUT2D eigenvalue weighted by Gasteiger charge is -2.06. The Labute approximate surface area is 90.9 Å². The lowest BCUT2D eigenvalue weighted by molar-refractivity contribution is 0.169. The third-order valence-corrected chi connectivity index (χ3v) is 3.47. The number of thiophene rings is 1. The van der Waals surface area contributed by atoms with Crippen molar-refractivity contribution in [2.75, 3.05) is 0 Å². The van der Waals surface area contributed by atoms with Crippen LogP contribution >= 0.6 is 27.3 Å². The predicted molar refractivity (Wildman–Crippen MR) is 59.7 cm³/mol. The van der Waals surface area contributed by atoms with Crippen molar-refractivity contribution in [1.82, 2.24) is 0 Å². The predicted octanol–water partition coefficient (Wildman–Crippen LogP) is 3.35. The second-order valence-electron chi connectivity index (χ2n) is 2.66. The molecule has 3 heteroatoms. The summed E-state index contributed by atoms with van der Waals surface area (Å²) < 4.78 is 0.995. The van der Waals surface area contributed by atoms with Crippen LogP contribution < -0.4 is 0 Å². The van der Waals surface area contributed by atoms with Crippen LogP contribution in [0.3, 0.4) is 0 Å². The molecule has 1 aromatic heterocycles. The second kappa shape index (κ2) is 5.43. The molecule has 0 aromatic carbocycles. The van der Waals surface area contributed by atoms with Crippen molar-refractivity contribution < 1.29 is 5.11 Å². The van der Waals surface area contributed by atoms with Gasteiger partial charge < -0.3 is 5.11 Å². The number of rotatable bonds is 3. The quantitative estimate of drug-likeness (QED) is 0.825. The van der Waals surface area contributed by atoms with E-state index in [9.17, 15) is 5.11 Å². The molecule has 0 radical (unpaired) electrons. The largest absolute Gasteiger partial charge is 0.388 e. The Bertz CT molecular complexity index is 321. The Balaban J connectivity index is 2.52. The van der Waals surface area contributed by atoms with E-state index in [2.05, 4.69) is 27.8 Å². The molecule has 1 N–H and O–H groups in total. The first-order valence-corrected chi connectivity index (χ1v) is 5.78. The smallest absolute Gasteiger partial charge is 0.0818 e. The minimum atomic E-state index is -0.388. The Kier molecular flexibility index (Phi) is 4.51. The van der Waals surface area contributed by atoms with Gasteiger partial charge in [-0.25, -0.2) is 0 Å². The average molecular weight is 259 g/mol. The van der Waals surface area contributed by atoms with Crippen LogP contribution in [0.4, 0.5) is 0 Å². The Morgan fingerprint density at radius 1 is 1.62 bits per heavy atom. The summed E-state index contributed by atoms with van der Waals surface area (Å²) in [6.07, 6.45) is 1.07. The fourth-order valence-electron chi connectivity index (χ4n) is 1.02. The molecule has 0 amide bonds. The molecule has 1 unspecified atom stereocenters. The van der Waals surface area contributed by atoms with E-state index in [4.69, 9.17) is 0 Å². The molecule has 0 aliphatic heterocycles. The van der Waals surface area contributed by atoms with Crippen molar-refractivity contribution in [1.29, 1.82) is 0 Å². The molecule has 1 aromatic rings. The van der Waals surface area contributed by atoms with E-state index in [1.807, 2.05) is 17.7 Å². The first kappa shape index (κ1) is 10.8. The Hall–Kier alpha value is -0.300. The first-order chi connectivity index (χ1) is 6.25. The minimum Gasteiger partial charge on any atom is -0.388 e. The molecule has 0 aliphatic rings. The molecule has 1 rings (SSSR count). The normalized spacial score (nSPS) is 11.9. The van der Waals surface area contributed by atoms with Crippen LogP contribution in [0, 0.1) is 11.8 Å². The maximum Gasteiger partial charge on any atom is 0.0818 e. The highest BCUT2D eigenvalue weighted by atomic mass is 79.9. The van der Waals surface area contributed by atoms with E-state index in [-0.39, 0.29) is 6.10 Å². The van der Waals surface area contributed by atoms with Crippen LogP contribution in [0.15, 0.2) is 15.2 Å². The lowest BCUT2D eigenvalue weighted by atomic mass is 10.1. The summed E-state index contributed by atoms with van der Waals surface area (Å²) in [6, 6.07) is 0. The van der Waals surface area contributed by atoms with Crippen molar-refractivity contribution >= 4 is 27.3 Å². The van der Waals surface area contributed by atoms with Crippen LogP contribution in [0.25, 0.3) is 0 Å². The summed E-state index contributed by atoms with van der Waals surface area (Å²) in [4.78, 5) is 0. The SMILES string of the molecule is CC#CCCC(O)c1cscc1Br. The molecule has 0 bridgehead atoms. The van der Waals surface area contributed by atoms with Crippen molar-refractivity contribution in [3.63, 3.8) is 0 Å². The topological polar surface area (TPSA) is 20.2 Å². The van der Waals surface area contributed by atoms with Gasteiger partial charge in [0.25, 0.3) is 0 Å². The summed E-state index contributed by atoms with van der Waals surface area (Å²) in [5.74, 6) is 5.75. The first-order valence-electron chi connectivity index (χ1n) is 4.05. The molecule has 1 heterocycles. The van der Waals surface area contributed by atoms with E-state index in [0.717, 1.165) is 16.5 Å². The number of hydrogen-bond acceptors (Lipinski definition) is 2. The standard InChI is InChI=1S/C10H11BrOS/c1-2-3-4-5-10(12)8-6-13-7-9(8)11/h6-7,10,12H,4-5H2,1H3. The number of aliphatic hydroxyl groups excluding tert-OH is 1. The molecule has 1 nitrogen and oxygen atoms in total. The van der Waals surface area contributed by atoms with Crippen LogP contribution in [0.5, 0.6) is 0 Å². The Morgan fingerprint density at radius 3 is 2.92 bits per heavy atom. The zero-order valence-corrected chi connectivity index (χ0v) is 9.78. The van der Waals surface area contributed by atoms with Gasteiger partial charge in [0.15, 0.2) is 0 Å². The molecule has 0 fully saturated rings. The van der Waals surface area contributed by atoms with Crippen LogP contribution in [0.1, 0.15) is 31.4 Å². The maximum atomic E-state index is 9.73. The molecule has 13 heavy (non-hydrogen) atoms. The number of hydrogen-bond donors (Lipinski definition) is 1. The van der Waals surface area contributed by atoms with Gasteiger partial charge in [-0.2, -0.15) is 11.3 Å². The van der Waals surface area contributed by atoms with Crippen molar-refractivity contribution in [3.05, 3.63) is 20.8 Å². The van der Waals surface area contributed by atoms with Crippen LogP contribution in [-0.2, 0) is 0 Å². The molecule has 1 atom stereocenters. The Morgan fingerprint density at radius 2 is 2.38 bits per heavy atom. The van der Waals surface area contributed by atoms with E-state index < -0.39 is 0 Å². The van der Waals surface area contributed by atoms with Crippen molar-refractivity contribution in [2.24, 2.45) is 0 Å². The third kappa shape index (κ3) is 3.15. The second-order valence-corrected chi connectivity index (χ2v) is 4.25. The van der Waals surface area contributed by atoms with Gasteiger partial charge in [0.2, 0.25) is 0 Å². The molecule has 0 spiro atoms. The summed E-state index contributed by atoms with van der Waals surface area (Å²) >= 11 is 4.98. The highest BCUT2D eigenvalue weighted by Crippen LogP contribution is 2.29. The molecular formula is C10H11BrOS. The fraction of sp³-hybridized carbons (Fsp3) is 0.400. The number of halogens is 1. The van der Waals surface area contributed by atoms with Gasteiger partial charge in [0.05, 0.1) is 6.10 Å². The van der Waals surface area contributed by atoms with Crippen LogP contribution in [0.2, 0.25) is 0 Å². The summed E-state index contributed by atoms with van der Waals surface area (Å²) in [7, 11) is 0. The molecule has 0 aliphatic carbocycles. The number of aliphatic hydroxyl groups is 1. The molecular weight excluding hydrogens is 248 g/mol. The lowest BCUT2D eigenvalue weighted by Crippen LogP contribution is -1.95. The highest BCUT2D eigenvalue weighted by Gasteiger charge is 2.10. The monoisotopic (exact) mass is 258 g/mol.